The zero-order valence-corrected chi connectivity index (χ0v) is 23.4. The first-order valence-electron chi connectivity index (χ1n) is 13.7. The number of aryl methyl sites for hydroxylation is 1. The summed E-state index contributed by atoms with van der Waals surface area (Å²) in [6.45, 7) is 6.31. The van der Waals surface area contributed by atoms with E-state index in [1.165, 1.54) is 5.56 Å². The fourth-order valence-electron chi connectivity index (χ4n) is 4.77. The van der Waals surface area contributed by atoms with Crippen LogP contribution in [0.5, 0.6) is 17.2 Å². The number of methoxy groups -OCH3 is 2. The molecule has 0 spiro atoms. The Labute approximate surface area is 231 Å². The Morgan fingerprint density at radius 1 is 0.897 bits per heavy atom. The average molecular weight is 530 g/mol. The molecule has 0 saturated carbocycles. The molecule has 1 heterocycles. The van der Waals surface area contributed by atoms with E-state index in [0.29, 0.717) is 36.1 Å². The summed E-state index contributed by atoms with van der Waals surface area (Å²) in [5, 5.41) is 3.00. The number of para-hydroxylation sites is 3. The Bertz CT molecular complexity index is 1380. The van der Waals surface area contributed by atoms with Crippen LogP contribution in [0.25, 0.3) is 11.0 Å². The van der Waals surface area contributed by atoms with Crippen LogP contribution in [0, 0.1) is 0 Å². The second-order valence-electron chi connectivity index (χ2n) is 9.85. The SMILES string of the molecule is COc1ccc(C(=O)NCCCCCc2nc3ccccc3n2CCOc2ccccc2C(C)C)cc1OC. The molecule has 0 aliphatic rings. The van der Waals surface area contributed by atoms with E-state index in [4.69, 9.17) is 19.2 Å². The minimum Gasteiger partial charge on any atom is -0.493 e. The number of hydrogen-bond donors (Lipinski definition) is 1. The normalized spacial score (nSPS) is 11.1. The molecule has 1 amide bonds. The lowest BCUT2D eigenvalue weighted by molar-refractivity contribution is 0.0952. The van der Waals surface area contributed by atoms with Crippen LogP contribution >= 0.6 is 0 Å². The van der Waals surface area contributed by atoms with Crippen LogP contribution in [0.15, 0.2) is 66.7 Å². The van der Waals surface area contributed by atoms with Crippen LogP contribution in [0.4, 0.5) is 0 Å². The summed E-state index contributed by atoms with van der Waals surface area (Å²) in [6.07, 6.45) is 3.76. The number of rotatable bonds is 14. The molecule has 4 aromatic rings. The smallest absolute Gasteiger partial charge is 0.251 e. The highest BCUT2D eigenvalue weighted by Gasteiger charge is 2.13. The van der Waals surface area contributed by atoms with E-state index in [1.807, 2.05) is 18.2 Å². The zero-order chi connectivity index (χ0) is 27.6. The van der Waals surface area contributed by atoms with Crippen molar-refractivity contribution in [3.63, 3.8) is 0 Å². The number of nitrogens with zero attached hydrogens (tertiary/aromatic N) is 2. The molecule has 0 atom stereocenters. The van der Waals surface area contributed by atoms with Crippen molar-refractivity contribution in [3.8, 4) is 17.2 Å². The van der Waals surface area contributed by atoms with Crippen molar-refractivity contribution in [1.29, 1.82) is 0 Å². The van der Waals surface area contributed by atoms with Gasteiger partial charge >= 0.3 is 0 Å². The standard InChI is InChI=1S/C32H39N3O4/c1-23(2)25-12-7-10-15-28(25)39-21-20-35-27-14-9-8-13-26(27)34-31(35)16-6-5-11-19-33-32(36)24-17-18-29(37-3)30(22-24)38-4/h7-10,12-15,17-18,22-23H,5-6,11,16,19-21H2,1-4H3,(H,33,36). The van der Waals surface area contributed by atoms with Crippen LogP contribution in [-0.4, -0.2) is 42.8 Å². The number of unbranched alkanes of at least 4 members (excludes halogenated alkanes) is 2. The van der Waals surface area contributed by atoms with Crippen molar-refractivity contribution in [1.82, 2.24) is 14.9 Å². The van der Waals surface area contributed by atoms with Crippen LogP contribution in [0.3, 0.4) is 0 Å². The second kappa shape index (κ2) is 13.7. The number of ether oxygens (including phenoxy) is 3. The van der Waals surface area contributed by atoms with Crippen molar-refractivity contribution in [2.24, 2.45) is 0 Å². The van der Waals surface area contributed by atoms with E-state index < -0.39 is 0 Å². The quantitative estimate of drug-likeness (QED) is 0.191. The Balaban J connectivity index is 1.28. The number of carbonyl (C=O) groups is 1. The fourth-order valence-corrected chi connectivity index (χ4v) is 4.77. The van der Waals surface area contributed by atoms with E-state index in [9.17, 15) is 4.79 Å². The third-order valence-electron chi connectivity index (χ3n) is 6.86. The first kappa shape index (κ1) is 28.0. The predicted molar refractivity (Wildman–Crippen MR) is 155 cm³/mol. The lowest BCUT2D eigenvalue weighted by Crippen LogP contribution is -2.24. The van der Waals surface area contributed by atoms with Crippen molar-refractivity contribution in [2.45, 2.75) is 52.0 Å². The number of benzene rings is 3. The highest BCUT2D eigenvalue weighted by molar-refractivity contribution is 5.94. The second-order valence-corrected chi connectivity index (χ2v) is 9.85. The topological polar surface area (TPSA) is 74.6 Å². The maximum atomic E-state index is 12.5. The van der Waals surface area contributed by atoms with Gasteiger partial charge in [-0.3, -0.25) is 4.79 Å². The molecule has 3 aromatic carbocycles. The van der Waals surface area contributed by atoms with Crippen molar-refractivity contribution >= 4 is 16.9 Å². The summed E-state index contributed by atoms with van der Waals surface area (Å²) in [4.78, 5) is 17.5. The van der Waals surface area contributed by atoms with Gasteiger partial charge in [-0.25, -0.2) is 4.98 Å². The van der Waals surface area contributed by atoms with Crippen LogP contribution in [-0.2, 0) is 13.0 Å². The van der Waals surface area contributed by atoms with Crippen molar-refractivity contribution < 1.29 is 19.0 Å². The van der Waals surface area contributed by atoms with E-state index in [0.717, 1.165) is 54.8 Å². The minimum absolute atomic E-state index is 0.114. The first-order valence-corrected chi connectivity index (χ1v) is 13.7. The lowest BCUT2D eigenvalue weighted by atomic mass is 10.0. The van der Waals surface area contributed by atoms with Gasteiger partial charge in [0, 0.05) is 18.5 Å². The highest BCUT2D eigenvalue weighted by atomic mass is 16.5. The number of aromatic nitrogens is 2. The molecule has 0 aliphatic heterocycles. The Kier molecular flexibility index (Phi) is 9.84. The van der Waals surface area contributed by atoms with Gasteiger partial charge in [0.05, 0.1) is 31.8 Å². The molecule has 1 N–H and O–H groups in total. The summed E-state index contributed by atoms with van der Waals surface area (Å²) < 4.78 is 19.0. The molecule has 206 valence electrons. The van der Waals surface area contributed by atoms with Crippen LogP contribution < -0.4 is 19.5 Å². The average Bonchev–Trinajstić information content (AvgIpc) is 3.31. The molecule has 7 nitrogen and oxygen atoms in total. The first-order chi connectivity index (χ1) is 19.0. The van der Waals surface area contributed by atoms with Gasteiger partial charge in [0.1, 0.15) is 18.2 Å². The predicted octanol–water partition coefficient (Wildman–Crippen LogP) is 6.40. The van der Waals surface area contributed by atoms with Gasteiger partial charge in [-0.2, -0.15) is 0 Å². The van der Waals surface area contributed by atoms with Crippen molar-refractivity contribution in [3.05, 3.63) is 83.7 Å². The van der Waals surface area contributed by atoms with Crippen molar-refractivity contribution in [2.75, 3.05) is 27.4 Å². The molecule has 0 fully saturated rings. The maximum absolute atomic E-state index is 12.5. The molecule has 0 unspecified atom stereocenters. The third-order valence-corrected chi connectivity index (χ3v) is 6.86. The van der Waals surface area contributed by atoms with Gasteiger partial charge in [-0.05, 0) is 60.7 Å². The molecule has 0 bridgehead atoms. The summed E-state index contributed by atoms with van der Waals surface area (Å²) in [7, 11) is 3.14. The third kappa shape index (κ3) is 7.11. The lowest BCUT2D eigenvalue weighted by Gasteiger charge is -2.15. The van der Waals surface area contributed by atoms with Crippen LogP contribution in [0.2, 0.25) is 0 Å². The Morgan fingerprint density at radius 3 is 2.46 bits per heavy atom. The monoisotopic (exact) mass is 529 g/mol. The van der Waals surface area contributed by atoms with Gasteiger partial charge < -0.3 is 24.1 Å². The number of carbonyl (C=O) groups excluding carboxylic acids is 1. The molecule has 7 heteroatoms. The summed E-state index contributed by atoms with van der Waals surface area (Å²) >= 11 is 0. The number of nitrogens with one attached hydrogen (secondary N) is 1. The molecular formula is C32H39N3O4. The minimum atomic E-state index is -0.114. The van der Waals surface area contributed by atoms with E-state index in [2.05, 4.69) is 54.1 Å². The maximum Gasteiger partial charge on any atom is 0.251 e. The number of amides is 1. The van der Waals surface area contributed by atoms with E-state index >= 15 is 0 Å². The fraction of sp³-hybridized carbons (Fsp3) is 0.375. The van der Waals surface area contributed by atoms with Gasteiger partial charge in [-0.1, -0.05) is 50.6 Å². The van der Waals surface area contributed by atoms with Gasteiger partial charge in [0.2, 0.25) is 0 Å². The molecule has 39 heavy (non-hydrogen) atoms. The number of fused-ring (bicyclic) bond motifs is 1. The highest BCUT2D eigenvalue weighted by Crippen LogP contribution is 2.28. The number of hydrogen-bond acceptors (Lipinski definition) is 5. The molecule has 1 aromatic heterocycles. The van der Waals surface area contributed by atoms with E-state index in [-0.39, 0.29) is 5.91 Å². The Morgan fingerprint density at radius 2 is 1.67 bits per heavy atom. The van der Waals surface area contributed by atoms with Gasteiger partial charge in [0.15, 0.2) is 11.5 Å². The summed E-state index contributed by atoms with van der Waals surface area (Å²) in [6, 6.07) is 21.7. The summed E-state index contributed by atoms with van der Waals surface area (Å²) in [5.74, 6) is 3.47. The molecule has 0 saturated heterocycles. The van der Waals surface area contributed by atoms with Crippen LogP contribution in [0.1, 0.15) is 60.8 Å². The molecular weight excluding hydrogens is 490 g/mol. The van der Waals surface area contributed by atoms with Gasteiger partial charge in [-0.15, -0.1) is 0 Å². The molecule has 0 aliphatic carbocycles. The summed E-state index contributed by atoms with van der Waals surface area (Å²) in [5.41, 5.74) is 3.93. The molecule has 4 rings (SSSR count). The largest absolute Gasteiger partial charge is 0.493 e. The van der Waals surface area contributed by atoms with Gasteiger partial charge in [0.25, 0.3) is 5.91 Å². The number of imidazole rings is 1. The zero-order valence-electron chi connectivity index (χ0n) is 23.4. The van der Waals surface area contributed by atoms with E-state index in [1.54, 1.807) is 32.4 Å². The Hall–Kier alpha value is -4.00. The molecule has 0 radical (unpaired) electrons.